The first-order valence-electron chi connectivity index (χ1n) is 7.76. The van der Waals surface area contributed by atoms with Crippen molar-refractivity contribution in [2.75, 3.05) is 5.32 Å². The molecule has 0 saturated carbocycles. The molecule has 8 heteroatoms. The zero-order valence-corrected chi connectivity index (χ0v) is 14.0. The van der Waals surface area contributed by atoms with Gasteiger partial charge >= 0.3 is 6.18 Å². The summed E-state index contributed by atoms with van der Waals surface area (Å²) in [6.45, 7) is 4.12. The lowest BCUT2D eigenvalue weighted by Crippen LogP contribution is -2.20. The third-order valence-corrected chi connectivity index (χ3v) is 4.63. The van der Waals surface area contributed by atoms with Crippen LogP contribution in [0.15, 0.2) is 18.2 Å². The predicted molar refractivity (Wildman–Crippen MR) is 83.9 cm³/mol. The molecular weight excluding hydrogens is 338 g/mol. The van der Waals surface area contributed by atoms with Crippen LogP contribution in [0.5, 0.6) is 0 Å². The molecule has 1 heterocycles. The maximum absolute atomic E-state index is 14.0. The minimum absolute atomic E-state index is 0.0766. The van der Waals surface area contributed by atoms with Crippen molar-refractivity contribution >= 4 is 11.6 Å². The van der Waals surface area contributed by atoms with E-state index in [9.17, 15) is 22.4 Å². The van der Waals surface area contributed by atoms with Crippen LogP contribution in [0.1, 0.15) is 47.4 Å². The number of aromatic nitrogens is 2. The van der Waals surface area contributed by atoms with Gasteiger partial charge in [0.1, 0.15) is 5.56 Å². The third kappa shape index (κ3) is 2.89. The Balaban J connectivity index is 2.00. The quantitative estimate of drug-likeness (QED) is 0.826. The van der Waals surface area contributed by atoms with E-state index in [1.54, 1.807) is 12.1 Å². The number of amides is 1. The predicted octanol–water partition coefficient (Wildman–Crippen LogP) is 4.05. The van der Waals surface area contributed by atoms with Gasteiger partial charge in [-0.2, -0.15) is 22.7 Å². The standard InChI is InChI=1S/C17H17F4N3O/c1-16(2)8-7-9-10(16)5-4-6-11(9)22-15(25)12-13(17(19,20)21)23-24(3)14(12)18/h4-6H,7-8H2,1-3H3,(H,22,25). The van der Waals surface area contributed by atoms with Crippen molar-refractivity contribution in [1.82, 2.24) is 9.78 Å². The molecule has 0 bridgehead atoms. The second-order valence-corrected chi connectivity index (χ2v) is 6.81. The highest BCUT2D eigenvalue weighted by Gasteiger charge is 2.42. The molecule has 1 amide bonds. The third-order valence-electron chi connectivity index (χ3n) is 4.63. The summed E-state index contributed by atoms with van der Waals surface area (Å²) < 4.78 is 53.6. The van der Waals surface area contributed by atoms with Crippen LogP contribution in [0.2, 0.25) is 0 Å². The number of hydrogen-bond donors (Lipinski definition) is 1. The average Bonchev–Trinajstić information content (AvgIpc) is 2.98. The molecule has 4 nitrogen and oxygen atoms in total. The number of carbonyl (C=O) groups excluding carboxylic acids is 1. The fourth-order valence-corrected chi connectivity index (χ4v) is 3.27. The Morgan fingerprint density at radius 3 is 2.64 bits per heavy atom. The molecule has 0 unspecified atom stereocenters. The largest absolute Gasteiger partial charge is 0.436 e. The van der Waals surface area contributed by atoms with E-state index in [-0.39, 0.29) is 5.41 Å². The van der Waals surface area contributed by atoms with E-state index in [4.69, 9.17) is 0 Å². The Labute approximate surface area is 141 Å². The van der Waals surface area contributed by atoms with Crippen LogP contribution in [-0.2, 0) is 25.1 Å². The zero-order chi connectivity index (χ0) is 18.6. The molecule has 134 valence electrons. The SMILES string of the molecule is Cn1nc(C(F)(F)F)c(C(=O)Nc2cccc3c2CCC3(C)C)c1F. The lowest BCUT2D eigenvalue weighted by atomic mass is 9.86. The summed E-state index contributed by atoms with van der Waals surface area (Å²) in [5.41, 5.74) is -0.383. The van der Waals surface area contributed by atoms with Gasteiger partial charge in [-0.05, 0) is 35.4 Å². The molecule has 0 aliphatic heterocycles. The molecule has 0 fully saturated rings. The normalized spacial score (nSPS) is 16.0. The van der Waals surface area contributed by atoms with Gasteiger partial charge in [-0.1, -0.05) is 26.0 Å². The summed E-state index contributed by atoms with van der Waals surface area (Å²) in [5.74, 6) is -2.48. The van der Waals surface area contributed by atoms with Crippen LogP contribution in [-0.4, -0.2) is 15.7 Å². The highest BCUT2D eigenvalue weighted by Crippen LogP contribution is 2.41. The summed E-state index contributed by atoms with van der Waals surface area (Å²) in [6.07, 6.45) is -3.36. The molecule has 1 aromatic heterocycles. The van der Waals surface area contributed by atoms with Crippen LogP contribution < -0.4 is 5.32 Å². The topological polar surface area (TPSA) is 46.9 Å². The minimum Gasteiger partial charge on any atom is -0.322 e. The number of aryl methyl sites for hydroxylation is 1. The number of halogens is 4. The molecule has 0 saturated heterocycles. The van der Waals surface area contributed by atoms with E-state index < -0.39 is 29.3 Å². The zero-order valence-electron chi connectivity index (χ0n) is 14.0. The first kappa shape index (κ1) is 17.4. The smallest absolute Gasteiger partial charge is 0.322 e. The van der Waals surface area contributed by atoms with Crippen molar-refractivity contribution in [1.29, 1.82) is 0 Å². The molecule has 0 atom stereocenters. The number of carbonyl (C=O) groups is 1. The highest BCUT2D eigenvalue weighted by molar-refractivity contribution is 6.05. The number of anilines is 1. The van der Waals surface area contributed by atoms with Crippen LogP contribution in [0.25, 0.3) is 0 Å². The maximum atomic E-state index is 14.0. The molecule has 2 aromatic rings. The monoisotopic (exact) mass is 355 g/mol. The molecule has 0 spiro atoms. The van der Waals surface area contributed by atoms with E-state index >= 15 is 0 Å². The van der Waals surface area contributed by atoms with Gasteiger partial charge in [0.25, 0.3) is 5.91 Å². The van der Waals surface area contributed by atoms with Crippen molar-refractivity contribution in [3.8, 4) is 0 Å². The molecule has 3 rings (SSSR count). The van der Waals surface area contributed by atoms with E-state index in [0.29, 0.717) is 16.8 Å². The van der Waals surface area contributed by atoms with Gasteiger partial charge in [0.05, 0.1) is 0 Å². The van der Waals surface area contributed by atoms with E-state index in [1.807, 2.05) is 6.07 Å². The molecule has 1 N–H and O–H groups in total. The molecule has 1 aliphatic rings. The summed E-state index contributed by atoms with van der Waals surface area (Å²) in [4.78, 5) is 12.4. The van der Waals surface area contributed by atoms with Crippen LogP contribution >= 0.6 is 0 Å². The van der Waals surface area contributed by atoms with Gasteiger partial charge < -0.3 is 5.32 Å². The van der Waals surface area contributed by atoms with Gasteiger partial charge in [0.2, 0.25) is 5.95 Å². The van der Waals surface area contributed by atoms with Crippen LogP contribution in [0.3, 0.4) is 0 Å². The number of fused-ring (bicyclic) bond motifs is 1. The van der Waals surface area contributed by atoms with Gasteiger partial charge in [0, 0.05) is 12.7 Å². The number of nitrogens with zero attached hydrogens (tertiary/aromatic N) is 2. The van der Waals surface area contributed by atoms with Gasteiger partial charge in [0.15, 0.2) is 5.69 Å². The first-order valence-corrected chi connectivity index (χ1v) is 7.76. The molecular formula is C17H17F4N3O. The second kappa shape index (κ2) is 5.57. The Morgan fingerprint density at radius 1 is 1.32 bits per heavy atom. The van der Waals surface area contributed by atoms with E-state index in [2.05, 4.69) is 24.3 Å². The first-order chi connectivity index (χ1) is 11.5. The second-order valence-electron chi connectivity index (χ2n) is 6.81. The summed E-state index contributed by atoms with van der Waals surface area (Å²) in [6, 6.07) is 5.27. The fraction of sp³-hybridized carbons (Fsp3) is 0.412. The lowest BCUT2D eigenvalue weighted by Gasteiger charge is -2.19. The van der Waals surface area contributed by atoms with Crippen LogP contribution in [0.4, 0.5) is 23.2 Å². The highest BCUT2D eigenvalue weighted by atomic mass is 19.4. The molecule has 1 aliphatic carbocycles. The van der Waals surface area contributed by atoms with Crippen LogP contribution in [0, 0.1) is 5.95 Å². The summed E-state index contributed by atoms with van der Waals surface area (Å²) in [5, 5.41) is 5.53. The van der Waals surface area contributed by atoms with Crippen molar-refractivity contribution in [3.05, 3.63) is 46.5 Å². The summed E-state index contributed by atoms with van der Waals surface area (Å²) in [7, 11) is 1.02. The molecule has 1 aromatic carbocycles. The number of benzene rings is 1. The number of alkyl halides is 3. The number of hydrogen-bond acceptors (Lipinski definition) is 2. The van der Waals surface area contributed by atoms with Crippen molar-refractivity contribution in [2.45, 2.75) is 38.3 Å². The number of rotatable bonds is 2. The Kier molecular flexibility index (Phi) is 3.89. The van der Waals surface area contributed by atoms with E-state index in [1.165, 1.54) is 0 Å². The maximum Gasteiger partial charge on any atom is 0.436 e. The molecule has 0 radical (unpaired) electrons. The Bertz CT molecular complexity index is 852. The van der Waals surface area contributed by atoms with Crippen molar-refractivity contribution in [2.24, 2.45) is 7.05 Å². The van der Waals surface area contributed by atoms with Gasteiger partial charge in [-0.3, -0.25) is 4.79 Å². The van der Waals surface area contributed by atoms with Gasteiger partial charge in [-0.25, -0.2) is 4.68 Å². The Morgan fingerprint density at radius 2 is 2.00 bits per heavy atom. The van der Waals surface area contributed by atoms with E-state index in [0.717, 1.165) is 24.6 Å². The van der Waals surface area contributed by atoms with Crippen molar-refractivity contribution in [3.63, 3.8) is 0 Å². The number of nitrogens with one attached hydrogen (secondary N) is 1. The summed E-state index contributed by atoms with van der Waals surface area (Å²) >= 11 is 0. The van der Waals surface area contributed by atoms with Crippen molar-refractivity contribution < 1.29 is 22.4 Å². The molecule has 25 heavy (non-hydrogen) atoms. The average molecular weight is 355 g/mol. The van der Waals surface area contributed by atoms with Gasteiger partial charge in [-0.15, -0.1) is 0 Å². The fourth-order valence-electron chi connectivity index (χ4n) is 3.27. The minimum atomic E-state index is -4.92. The lowest BCUT2D eigenvalue weighted by molar-refractivity contribution is -0.141. The Hall–Kier alpha value is -2.38.